The number of benzene rings is 1. The largest absolute Gasteiger partial charge is 0.508 e. The molecule has 0 unspecified atom stereocenters. The van der Waals surface area contributed by atoms with E-state index in [1.54, 1.807) is 0 Å². The smallest absolute Gasteiger partial charge is 0.229 e. The molecule has 6 atom stereocenters. The summed E-state index contributed by atoms with van der Waals surface area (Å²) in [7, 11) is 0. The van der Waals surface area contributed by atoms with Gasteiger partial charge in [-0.2, -0.15) is 0 Å². The van der Waals surface area contributed by atoms with Crippen molar-refractivity contribution in [3.63, 3.8) is 0 Å². The second kappa shape index (κ2) is 8.05. The average Bonchev–Trinajstić information content (AvgIpc) is 2.56. The van der Waals surface area contributed by atoms with Gasteiger partial charge in [-0.1, -0.05) is 0 Å². The van der Waals surface area contributed by atoms with E-state index in [0.717, 1.165) is 0 Å². The summed E-state index contributed by atoms with van der Waals surface area (Å²) in [5, 5.41) is 68.6. The van der Waals surface area contributed by atoms with Crippen LogP contribution in [-0.2, 0) is 11.2 Å². The summed E-state index contributed by atoms with van der Waals surface area (Å²) >= 11 is 0. The van der Waals surface area contributed by atoms with Crippen molar-refractivity contribution in [1.82, 2.24) is 0 Å². The molecule has 1 fully saturated rings. The van der Waals surface area contributed by atoms with Crippen LogP contribution >= 0.6 is 0 Å². The van der Waals surface area contributed by atoms with Gasteiger partial charge in [0, 0.05) is 12.0 Å². The van der Waals surface area contributed by atoms with Crippen LogP contribution in [0, 0.1) is 0 Å². The van der Waals surface area contributed by atoms with Crippen molar-refractivity contribution in [2.45, 2.75) is 62.7 Å². The summed E-state index contributed by atoms with van der Waals surface area (Å²) in [5.41, 5.74) is -1.07. The van der Waals surface area contributed by atoms with Gasteiger partial charge in [0.15, 0.2) is 0 Å². The number of ether oxygens (including phenoxy) is 2. The molecular formula is C17H26O9. The SMILES string of the molecule is CC(C)(O)[C@@H](O)Cc1cc(O)ccc1O[C@H]1O[C@@H](CO)[C@@H](O)[C@@H](O)[C@H]1O. The highest BCUT2D eigenvalue weighted by Crippen LogP contribution is 2.30. The van der Waals surface area contributed by atoms with Crippen LogP contribution in [0.15, 0.2) is 18.2 Å². The predicted octanol–water partition coefficient (Wildman–Crippen LogP) is -1.75. The standard InChI is InChI=1S/C17H26O9/c1-17(2,24)12(20)6-8-5-9(19)3-4-10(8)25-16-15(23)14(22)13(21)11(7-18)26-16/h3-5,11-16,18-24H,6-7H2,1-2H3/t11-,12-,13+,14+,15+,16-/m0/s1. The van der Waals surface area contributed by atoms with Crippen molar-refractivity contribution in [1.29, 1.82) is 0 Å². The van der Waals surface area contributed by atoms with Gasteiger partial charge >= 0.3 is 0 Å². The molecule has 1 aliphatic rings. The summed E-state index contributed by atoms with van der Waals surface area (Å²) in [4.78, 5) is 0. The molecule has 0 saturated carbocycles. The van der Waals surface area contributed by atoms with Gasteiger partial charge in [0.25, 0.3) is 0 Å². The maximum atomic E-state index is 10.1. The Morgan fingerprint density at radius 1 is 1.15 bits per heavy atom. The van der Waals surface area contributed by atoms with Gasteiger partial charge < -0.3 is 45.2 Å². The molecule has 1 heterocycles. The summed E-state index contributed by atoms with van der Waals surface area (Å²) < 4.78 is 10.8. The number of phenols is 1. The van der Waals surface area contributed by atoms with Crippen LogP contribution in [0.25, 0.3) is 0 Å². The number of rotatable bonds is 6. The second-order valence-corrected chi connectivity index (χ2v) is 6.98. The van der Waals surface area contributed by atoms with Gasteiger partial charge in [-0.25, -0.2) is 0 Å². The molecule has 1 saturated heterocycles. The molecule has 2 rings (SSSR count). The van der Waals surface area contributed by atoms with Crippen molar-refractivity contribution < 1.29 is 45.2 Å². The van der Waals surface area contributed by atoms with Crippen LogP contribution in [0.3, 0.4) is 0 Å². The van der Waals surface area contributed by atoms with Crippen LogP contribution in [0.2, 0.25) is 0 Å². The van der Waals surface area contributed by atoms with Gasteiger partial charge in [-0.15, -0.1) is 0 Å². The molecule has 0 amide bonds. The van der Waals surface area contributed by atoms with E-state index in [2.05, 4.69) is 0 Å². The zero-order valence-corrected chi connectivity index (χ0v) is 14.6. The van der Waals surface area contributed by atoms with E-state index in [1.165, 1.54) is 32.0 Å². The van der Waals surface area contributed by atoms with E-state index in [9.17, 15) is 35.7 Å². The summed E-state index contributed by atoms with van der Waals surface area (Å²) in [6.07, 6.45) is -8.44. The molecule has 26 heavy (non-hydrogen) atoms. The van der Waals surface area contributed by atoms with Crippen LogP contribution in [0.5, 0.6) is 11.5 Å². The number of aromatic hydroxyl groups is 1. The van der Waals surface area contributed by atoms with Crippen molar-refractivity contribution in [3.8, 4) is 11.5 Å². The molecule has 1 aromatic carbocycles. The van der Waals surface area contributed by atoms with E-state index in [-0.39, 0.29) is 17.9 Å². The maximum absolute atomic E-state index is 10.1. The lowest BCUT2D eigenvalue weighted by Gasteiger charge is -2.39. The number of hydrogen-bond acceptors (Lipinski definition) is 9. The number of phenolic OH excluding ortho intramolecular Hbond substituents is 1. The lowest BCUT2D eigenvalue weighted by molar-refractivity contribution is -0.277. The predicted molar refractivity (Wildman–Crippen MR) is 88.5 cm³/mol. The maximum Gasteiger partial charge on any atom is 0.229 e. The van der Waals surface area contributed by atoms with Gasteiger partial charge in [0.1, 0.15) is 35.9 Å². The number of hydrogen-bond donors (Lipinski definition) is 7. The van der Waals surface area contributed by atoms with Gasteiger partial charge in [-0.3, -0.25) is 0 Å². The first-order valence-corrected chi connectivity index (χ1v) is 8.24. The molecular weight excluding hydrogens is 348 g/mol. The Bertz CT molecular complexity index is 598. The van der Waals surface area contributed by atoms with Crippen LogP contribution in [0.4, 0.5) is 0 Å². The molecule has 148 valence electrons. The van der Waals surface area contributed by atoms with Gasteiger partial charge in [0.2, 0.25) is 6.29 Å². The van der Waals surface area contributed by atoms with E-state index >= 15 is 0 Å². The fourth-order valence-electron chi connectivity index (χ4n) is 2.59. The Kier molecular flexibility index (Phi) is 6.46. The average molecular weight is 374 g/mol. The third-order valence-corrected chi connectivity index (χ3v) is 4.36. The van der Waals surface area contributed by atoms with E-state index < -0.39 is 49.0 Å². The fraction of sp³-hybridized carbons (Fsp3) is 0.647. The van der Waals surface area contributed by atoms with Crippen molar-refractivity contribution in [2.24, 2.45) is 0 Å². The number of aliphatic hydroxyl groups excluding tert-OH is 5. The van der Waals surface area contributed by atoms with E-state index in [4.69, 9.17) is 9.47 Å². The monoisotopic (exact) mass is 374 g/mol. The Morgan fingerprint density at radius 2 is 1.81 bits per heavy atom. The molecule has 7 N–H and O–H groups in total. The van der Waals surface area contributed by atoms with Crippen LogP contribution < -0.4 is 4.74 Å². The highest BCUT2D eigenvalue weighted by Gasteiger charge is 2.45. The lowest BCUT2D eigenvalue weighted by atomic mass is 9.94. The molecule has 0 spiro atoms. The summed E-state index contributed by atoms with van der Waals surface area (Å²) in [6.45, 7) is 2.27. The fourth-order valence-corrected chi connectivity index (χ4v) is 2.59. The Labute approximate surface area is 150 Å². The first-order chi connectivity index (χ1) is 12.0. The Hall–Kier alpha value is -1.46. The minimum Gasteiger partial charge on any atom is -0.508 e. The quantitative estimate of drug-likeness (QED) is 0.306. The van der Waals surface area contributed by atoms with Crippen molar-refractivity contribution in [2.75, 3.05) is 6.61 Å². The lowest BCUT2D eigenvalue weighted by Crippen LogP contribution is -2.60. The van der Waals surface area contributed by atoms with Crippen molar-refractivity contribution in [3.05, 3.63) is 23.8 Å². The molecule has 1 aromatic rings. The van der Waals surface area contributed by atoms with Crippen LogP contribution in [-0.4, -0.2) is 84.8 Å². The topological polar surface area (TPSA) is 160 Å². The summed E-state index contributed by atoms with van der Waals surface area (Å²) in [5.74, 6) is 0.0412. The van der Waals surface area contributed by atoms with Crippen LogP contribution in [0.1, 0.15) is 19.4 Å². The van der Waals surface area contributed by atoms with E-state index in [1.807, 2.05) is 0 Å². The minimum absolute atomic E-state index is 0.0648. The van der Waals surface area contributed by atoms with Gasteiger partial charge in [0.05, 0.1) is 18.3 Å². The number of aliphatic hydroxyl groups is 6. The first kappa shape index (κ1) is 20.8. The summed E-state index contributed by atoms with van der Waals surface area (Å²) in [6, 6.07) is 4.02. The Balaban J connectivity index is 2.23. The molecule has 1 aliphatic heterocycles. The molecule has 9 nitrogen and oxygen atoms in total. The normalized spacial score (nSPS) is 30.8. The zero-order chi connectivity index (χ0) is 19.6. The molecule has 0 radical (unpaired) electrons. The molecule has 9 heteroatoms. The molecule has 0 bridgehead atoms. The van der Waals surface area contributed by atoms with Crippen molar-refractivity contribution >= 4 is 0 Å². The Morgan fingerprint density at radius 3 is 2.38 bits per heavy atom. The molecule has 0 aromatic heterocycles. The van der Waals surface area contributed by atoms with E-state index in [0.29, 0.717) is 5.56 Å². The second-order valence-electron chi connectivity index (χ2n) is 6.98. The highest BCUT2D eigenvalue weighted by atomic mass is 16.7. The third-order valence-electron chi connectivity index (χ3n) is 4.36. The highest BCUT2D eigenvalue weighted by molar-refractivity contribution is 5.40. The zero-order valence-electron chi connectivity index (χ0n) is 14.6. The minimum atomic E-state index is -1.59. The third kappa shape index (κ3) is 4.63. The molecule has 0 aliphatic carbocycles. The van der Waals surface area contributed by atoms with Gasteiger partial charge in [-0.05, 0) is 32.0 Å². The first-order valence-electron chi connectivity index (χ1n) is 8.24.